The van der Waals surface area contributed by atoms with E-state index in [0.717, 1.165) is 47.2 Å². The third kappa shape index (κ3) is 6.02. The van der Waals surface area contributed by atoms with Crippen molar-refractivity contribution in [1.29, 1.82) is 0 Å². The standard InChI is InChI=1S/C28H30ClN7O2S/c1-18-5-6-22(16-24(18)29)36-25(17-39-28-30-19(2)15-20(3)31-28)26(32-33-36)27(37)35-13-11-34(12-14-35)21-7-9-23(38-4)10-8-21/h5-10,15-16H,11-14,17H2,1-4H3. The highest BCUT2D eigenvalue weighted by Crippen LogP contribution is 2.27. The highest BCUT2D eigenvalue weighted by molar-refractivity contribution is 7.98. The molecule has 11 heteroatoms. The Balaban J connectivity index is 1.38. The molecular formula is C28H30ClN7O2S. The minimum Gasteiger partial charge on any atom is -0.497 e. The summed E-state index contributed by atoms with van der Waals surface area (Å²) in [7, 11) is 1.66. The molecule has 0 radical (unpaired) electrons. The maximum atomic E-state index is 13.7. The van der Waals surface area contributed by atoms with E-state index in [2.05, 4.69) is 25.2 Å². The van der Waals surface area contributed by atoms with E-state index in [1.807, 2.05) is 74.2 Å². The van der Waals surface area contributed by atoms with Crippen molar-refractivity contribution >= 4 is 35.0 Å². The first-order chi connectivity index (χ1) is 18.8. The zero-order valence-corrected chi connectivity index (χ0v) is 24.0. The summed E-state index contributed by atoms with van der Waals surface area (Å²) in [5.41, 5.74) is 5.63. The highest BCUT2D eigenvalue weighted by atomic mass is 35.5. The number of carbonyl (C=O) groups excluding carboxylic acids is 1. The SMILES string of the molecule is COc1ccc(N2CCN(C(=O)c3nnn(-c4ccc(C)c(Cl)c4)c3CSc3nc(C)cc(C)n3)CC2)cc1. The van der Waals surface area contributed by atoms with Crippen LogP contribution < -0.4 is 9.64 Å². The van der Waals surface area contributed by atoms with Crippen LogP contribution in [0.5, 0.6) is 5.75 Å². The fourth-order valence-electron chi connectivity index (χ4n) is 4.52. The van der Waals surface area contributed by atoms with Gasteiger partial charge in [0.15, 0.2) is 10.9 Å². The first-order valence-electron chi connectivity index (χ1n) is 12.7. The molecule has 39 heavy (non-hydrogen) atoms. The second kappa shape index (κ2) is 11.6. The van der Waals surface area contributed by atoms with Crippen molar-refractivity contribution in [2.75, 3.05) is 38.2 Å². The van der Waals surface area contributed by atoms with Gasteiger partial charge in [-0.2, -0.15) is 0 Å². The van der Waals surface area contributed by atoms with Crippen molar-refractivity contribution in [1.82, 2.24) is 29.9 Å². The first-order valence-corrected chi connectivity index (χ1v) is 14.0. The number of anilines is 1. The van der Waals surface area contributed by atoms with Crippen molar-refractivity contribution < 1.29 is 9.53 Å². The van der Waals surface area contributed by atoms with E-state index in [0.29, 0.717) is 40.4 Å². The Morgan fingerprint density at radius 2 is 1.62 bits per heavy atom. The molecule has 0 aliphatic carbocycles. The number of amides is 1. The lowest BCUT2D eigenvalue weighted by Crippen LogP contribution is -2.49. The fraction of sp³-hybridized carbons (Fsp3) is 0.321. The van der Waals surface area contributed by atoms with E-state index in [-0.39, 0.29) is 5.91 Å². The number of aromatic nitrogens is 5. The van der Waals surface area contributed by atoms with Gasteiger partial charge in [0.05, 0.1) is 18.5 Å². The Labute approximate surface area is 237 Å². The van der Waals surface area contributed by atoms with Crippen LogP contribution in [0.2, 0.25) is 5.02 Å². The zero-order valence-electron chi connectivity index (χ0n) is 22.4. The molecule has 0 bridgehead atoms. The Kier molecular flexibility index (Phi) is 8.04. The van der Waals surface area contributed by atoms with Gasteiger partial charge in [0.25, 0.3) is 5.91 Å². The molecule has 3 heterocycles. The molecule has 1 fully saturated rings. The Hall–Kier alpha value is -3.63. The summed E-state index contributed by atoms with van der Waals surface area (Å²) in [6.45, 7) is 8.45. The van der Waals surface area contributed by atoms with Crippen LogP contribution in [0.1, 0.15) is 33.1 Å². The lowest BCUT2D eigenvalue weighted by Gasteiger charge is -2.36. The van der Waals surface area contributed by atoms with Crippen molar-refractivity contribution in [3.63, 3.8) is 0 Å². The van der Waals surface area contributed by atoms with Gasteiger partial charge < -0.3 is 14.5 Å². The van der Waals surface area contributed by atoms with Crippen molar-refractivity contribution in [2.24, 2.45) is 0 Å². The monoisotopic (exact) mass is 563 g/mol. The van der Waals surface area contributed by atoms with Gasteiger partial charge in [0.2, 0.25) is 0 Å². The molecule has 5 rings (SSSR count). The van der Waals surface area contributed by atoms with E-state index in [4.69, 9.17) is 16.3 Å². The summed E-state index contributed by atoms with van der Waals surface area (Å²) in [6, 6.07) is 15.6. The summed E-state index contributed by atoms with van der Waals surface area (Å²) < 4.78 is 6.96. The number of methoxy groups -OCH3 is 1. The second-order valence-electron chi connectivity index (χ2n) is 9.43. The van der Waals surface area contributed by atoms with Crippen molar-refractivity contribution in [3.05, 3.63) is 81.9 Å². The maximum Gasteiger partial charge on any atom is 0.276 e. The largest absolute Gasteiger partial charge is 0.497 e. The van der Waals surface area contributed by atoms with Crippen LogP contribution in [0.4, 0.5) is 5.69 Å². The molecule has 2 aromatic carbocycles. The molecule has 0 saturated carbocycles. The van der Waals surface area contributed by atoms with E-state index < -0.39 is 0 Å². The molecule has 2 aromatic heterocycles. The average molecular weight is 564 g/mol. The molecule has 1 aliphatic heterocycles. The molecule has 0 atom stereocenters. The van der Waals surface area contributed by atoms with Crippen LogP contribution in [0.15, 0.2) is 53.7 Å². The third-order valence-corrected chi connectivity index (χ3v) is 7.94. The number of rotatable bonds is 7. The number of piperazine rings is 1. The van der Waals surface area contributed by atoms with Gasteiger partial charge in [-0.1, -0.05) is 34.6 Å². The normalized spacial score (nSPS) is 13.6. The molecule has 202 valence electrons. The number of nitrogens with zero attached hydrogens (tertiary/aromatic N) is 7. The summed E-state index contributed by atoms with van der Waals surface area (Å²) in [4.78, 5) is 26.9. The smallest absolute Gasteiger partial charge is 0.276 e. The van der Waals surface area contributed by atoms with Gasteiger partial charge in [-0.05, 0) is 68.8 Å². The topological polar surface area (TPSA) is 89.3 Å². The molecule has 0 N–H and O–H groups in total. The number of carbonyl (C=O) groups is 1. The van der Waals surface area contributed by atoms with Crippen LogP contribution in [-0.2, 0) is 5.75 Å². The van der Waals surface area contributed by atoms with Gasteiger partial charge in [0.1, 0.15) is 5.75 Å². The zero-order chi connectivity index (χ0) is 27.5. The number of thioether (sulfide) groups is 1. The summed E-state index contributed by atoms with van der Waals surface area (Å²) in [5.74, 6) is 1.11. The number of benzene rings is 2. The predicted molar refractivity (Wildman–Crippen MR) is 153 cm³/mol. The number of halogens is 1. The number of hydrogen-bond donors (Lipinski definition) is 0. The summed E-state index contributed by atoms with van der Waals surface area (Å²) >= 11 is 7.88. The van der Waals surface area contributed by atoms with Crippen molar-refractivity contribution in [2.45, 2.75) is 31.7 Å². The Morgan fingerprint density at radius 3 is 2.26 bits per heavy atom. The minimum absolute atomic E-state index is 0.134. The average Bonchev–Trinajstić information content (AvgIpc) is 3.36. The summed E-state index contributed by atoms with van der Waals surface area (Å²) in [5, 5.41) is 10.0. The molecule has 0 unspecified atom stereocenters. The van der Waals surface area contributed by atoms with E-state index >= 15 is 0 Å². The molecule has 0 spiro atoms. The number of hydrogen-bond acceptors (Lipinski definition) is 8. The van der Waals surface area contributed by atoms with Gasteiger partial charge in [-0.25, -0.2) is 14.6 Å². The van der Waals surface area contributed by atoms with E-state index in [1.165, 1.54) is 11.8 Å². The Bertz CT molecular complexity index is 1460. The van der Waals surface area contributed by atoms with Gasteiger partial charge in [0, 0.05) is 54.0 Å². The third-order valence-electron chi connectivity index (χ3n) is 6.67. The van der Waals surface area contributed by atoms with Gasteiger partial charge in [-0.3, -0.25) is 4.79 Å². The van der Waals surface area contributed by atoms with Crippen LogP contribution in [-0.4, -0.2) is 69.1 Å². The van der Waals surface area contributed by atoms with E-state index in [9.17, 15) is 4.79 Å². The fourth-order valence-corrected chi connectivity index (χ4v) is 5.64. The maximum absolute atomic E-state index is 13.7. The Morgan fingerprint density at radius 1 is 0.949 bits per heavy atom. The molecule has 1 aliphatic rings. The predicted octanol–water partition coefficient (Wildman–Crippen LogP) is 4.90. The molecule has 1 amide bonds. The number of aryl methyl sites for hydroxylation is 3. The molecule has 1 saturated heterocycles. The highest BCUT2D eigenvalue weighted by Gasteiger charge is 2.28. The minimum atomic E-state index is -0.134. The van der Waals surface area contributed by atoms with Crippen LogP contribution in [0.25, 0.3) is 5.69 Å². The van der Waals surface area contributed by atoms with Crippen LogP contribution in [0, 0.1) is 20.8 Å². The van der Waals surface area contributed by atoms with Crippen LogP contribution >= 0.6 is 23.4 Å². The second-order valence-corrected chi connectivity index (χ2v) is 10.8. The van der Waals surface area contributed by atoms with Gasteiger partial charge in [-0.15, -0.1) is 5.10 Å². The quantitative estimate of drug-likeness (QED) is 0.232. The molecule has 9 nitrogen and oxygen atoms in total. The summed E-state index contributed by atoms with van der Waals surface area (Å²) in [6.07, 6.45) is 0. The first kappa shape index (κ1) is 27.0. The molecular weight excluding hydrogens is 534 g/mol. The number of ether oxygens (including phenoxy) is 1. The van der Waals surface area contributed by atoms with Crippen LogP contribution in [0.3, 0.4) is 0 Å². The lowest BCUT2D eigenvalue weighted by molar-refractivity contribution is 0.0740. The van der Waals surface area contributed by atoms with Gasteiger partial charge >= 0.3 is 0 Å². The van der Waals surface area contributed by atoms with Crippen molar-refractivity contribution in [3.8, 4) is 11.4 Å². The van der Waals surface area contributed by atoms with E-state index in [1.54, 1.807) is 11.8 Å². The molecule has 4 aromatic rings. The lowest BCUT2D eigenvalue weighted by atomic mass is 10.2.